The van der Waals surface area contributed by atoms with Gasteiger partial charge in [0.15, 0.2) is 11.0 Å². The van der Waals surface area contributed by atoms with E-state index in [9.17, 15) is 9.59 Å². The minimum absolute atomic E-state index is 0.0866. The fourth-order valence-corrected chi connectivity index (χ4v) is 4.83. The number of benzene rings is 2. The molecular formula is C23H22BrN7O4S2. The van der Waals surface area contributed by atoms with Gasteiger partial charge < -0.3 is 14.8 Å². The first-order valence-electron chi connectivity index (χ1n) is 10.8. The van der Waals surface area contributed by atoms with Crippen LogP contribution in [0.25, 0.3) is 5.69 Å². The molecule has 0 aliphatic rings. The van der Waals surface area contributed by atoms with E-state index in [1.807, 2.05) is 31.2 Å². The summed E-state index contributed by atoms with van der Waals surface area (Å²) in [5.74, 6) is 1.01. The Morgan fingerprint density at radius 2 is 1.73 bits per heavy atom. The SMILES string of the molecule is COc1cc(OC)cc(C(=O)NCc2nnc(SCC(=O)Nc3nnc(C)s3)n2-c2ccc(Br)cc2)c1. The van der Waals surface area contributed by atoms with Gasteiger partial charge in [-0.15, -0.1) is 20.4 Å². The van der Waals surface area contributed by atoms with Crippen molar-refractivity contribution in [3.63, 3.8) is 0 Å². The van der Waals surface area contributed by atoms with E-state index in [0.717, 1.165) is 15.2 Å². The zero-order chi connectivity index (χ0) is 26.4. The second-order valence-corrected chi connectivity index (χ2v) is 10.5. The lowest BCUT2D eigenvalue weighted by Crippen LogP contribution is -2.24. The summed E-state index contributed by atoms with van der Waals surface area (Å²) in [5, 5.41) is 23.6. The summed E-state index contributed by atoms with van der Waals surface area (Å²) in [6, 6.07) is 12.5. The molecule has 2 N–H and O–H groups in total. The number of hydrogen-bond donors (Lipinski definition) is 2. The number of nitrogens with one attached hydrogen (secondary N) is 2. The molecule has 0 unspecified atom stereocenters. The highest BCUT2D eigenvalue weighted by molar-refractivity contribution is 9.10. The molecule has 14 heteroatoms. The zero-order valence-corrected chi connectivity index (χ0v) is 23.2. The van der Waals surface area contributed by atoms with Crippen LogP contribution in [0.5, 0.6) is 11.5 Å². The Hall–Kier alpha value is -3.49. The molecule has 4 rings (SSSR count). The average molecular weight is 605 g/mol. The number of anilines is 1. The largest absolute Gasteiger partial charge is 0.497 e. The molecule has 0 fully saturated rings. The first-order valence-corrected chi connectivity index (χ1v) is 13.4. The number of nitrogens with zero attached hydrogens (tertiary/aromatic N) is 5. The monoisotopic (exact) mass is 603 g/mol. The maximum absolute atomic E-state index is 12.9. The molecule has 0 aliphatic heterocycles. The van der Waals surface area contributed by atoms with Crippen LogP contribution >= 0.6 is 39.0 Å². The van der Waals surface area contributed by atoms with Crippen LogP contribution < -0.4 is 20.1 Å². The number of halogens is 1. The van der Waals surface area contributed by atoms with Gasteiger partial charge in [0.05, 0.1) is 26.5 Å². The molecule has 0 saturated carbocycles. The highest BCUT2D eigenvalue weighted by atomic mass is 79.9. The lowest BCUT2D eigenvalue weighted by molar-refractivity contribution is -0.113. The molecule has 2 amide bonds. The number of rotatable bonds is 10. The van der Waals surface area contributed by atoms with Crippen LogP contribution in [0.1, 0.15) is 21.2 Å². The molecule has 11 nitrogen and oxygen atoms in total. The van der Waals surface area contributed by atoms with E-state index in [2.05, 4.69) is 47.0 Å². The summed E-state index contributed by atoms with van der Waals surface area (Å²) in [5.41, 5.74) is 1.16. The van der Waals surface area contributed by atoms with Crippen LogP contribution in [-0.2, 0) is 11.3 Å². The first kappa shape index (κ1) is 26.6. The first-order chi connectivity index (χ1) is 17.9. The highest BCUT2D eigenvalue weighted by Gasteiger charge is 2.18. The number of aryl methyl sites for hydroxylation is 1. The third kappa shape index (κ3) is 6.84. The van der Waals surface area contributed by atoms with Crippen molar-refractivity contribution in [1.82, 2.24) is 30.3 Å². The third-order valence-electron chi connectivity index (χ3n) is 4.91. The molecule has 0 spiro atoms. The van der Waals surface area contributed by atoms with Gasteiger partial charge in [0.2, 0.25) is 11.0 Å². The van der Waals surface area contributed by atoms with E-state index >= 15 is 0 Å². The van der Waals surface area contributed by atoms with Gasteiger partial charge in [-0.3, -0.25) is 19.5 Å². The Morgan fingerprint density at radius 3 is 2.35 bits per heavy atom. The fraction of sp³-hybridized carbons (Fsp3) is 0.217. The van der Waals surface area contributed by atoms with E-state index in [1.54, 1.807) is 22.8 Å². The molecule has 0 radical (unpaired) electrons. The predicted molar refractivity (Wildman–Crippen MR) is 144 cm³/mol. The zero-order valence-electron chi connectivity index (χ0n) is 20.0. The van der Waals surface area contributed by atoms with Gasteiger partial charge in [-0.05, 0) is 43.3 Å². The minimum atomic E-state index is -0.330. The number of ether oxygens (including phenoxy) is 2. The molecule has 192 valence electrons. The summed E-state index contributed by atoms with van der Waals surface area (Å²) in [4.78, 5) is 25.3. The maximum Gasteiger partial charge on any atom is 0.251 e. The van der Waals surface area contributed by atoms with Gasteiger partial charge in [-0.25, -0.2) is 0 Å². The predicted octanol–water partition coefficient (Wildman–Crippen LogP) is 3.87. The average Bonchev–Trinajstić information content (AvgIpc) is 3.51. The maximum atomic E-state index is 12.9. The van der Waals surface area contributed by atoms with E-state index in [4.69, 9.17) is 9.47 Å². The van der Waals surface area contributed by atoms with Crippen molar-refractivity contribution >= 4 is 56.0 Å². The van der Waals surface area contributed by atoms with Gasteiger partial charge in [-0.1, -0.05) is 39.0 Å². The Bertz CT molecular complexity index is 1390. The molecule has 37 heavy (non-hydrogen) atoms. The van der Waals surface area contributed by atoms with Crippen LogP contribution in [0.15, 0.2) is 52.1 Å². The number of thioether (sulfide) groups is 1. The third-order valence-corrected chi connectivity index (χ3v) is 7.12. The molecular weight excluding hydrogens is 582 g/mol. The van der Waals surface area contributed by atoms with Crippen LogP contribution in [0.4, 0.5) is 5.13 Å². The smallest absolute Gasteiger partial charge is 0.251 e. The Morgan fingerprint density at radius 1 is 1.03 bits per heavy atom. The van der Waals surface area contributed by atoms with Crippen molar-refractivity contribution < 1.29 is 19.1 Å². The van der Waals surface area contributed by atoms with Gasteiger partial charge >= 0.3 is 0 Å². The van der Waals surface area contributed by atoms with E-state index in [0.29, 0.717) is 33.2 Å². The fourth-order valence-electron chi connectivity index (χ4n) is 3.19. The van der Waals surface area contributed by atoms with Gasteiger partial charge in [0, 0.05) is 21.8 Å². The summed E-state index contributed by atoms with van der Waals surface area (Å²) < 4.78 is 13.2. The lowest BCUT2D eigenvalue weighted by atomic mass is 10.2. The lowest BCUT2D eigenvalue weighted by Gasteiger charge is -2.12. The number of hydrogen-bond acceptors (Lipinski definition) is 10. The summed E-state index contributed by atoms with van der Waals surface area (Å²) in [7, 11) is 3.04. The van der Waals surface area contributed by atoms with E-state index in [-0.39, 0.29) is 24.1 Å². The van der Waals surface area contributed by atoms with Gasteiger partial charge in [-0.2, -0.15) is 0 Å². The van der Waals surface area contributed by atoms with E-state index < -0.39 is 0 Å². The second kappa shape index (κ2) is 12.2. The molecule has 0 atom stereocenters. The number of carbonyl (C=O) groups excluding carboxylic acids is 2. The van der Waals surface area contributed by atoms with Crippen molar-refractivity contribution in [2.75, 3.05) is 25.3 Å². The van der Waals surface area contributed by atoms with Crippen molar-refractivity contribution in [1.29, 1.82) is 0 Å². The molecule has 0 aliphatic carbocycles. The van der Waals surface area contributed by atoms with Gasteiger partial charge in [0.25, 0.3) is 5.91 Å². The Labute approximate surface area is 229 Å². The molecule has 4 aromatic rings. The number of carbonyl (C=O) groups is 2. The topological polar surface area (TPSA) is 133 Å². The molecule has 0 saturated heterocycles. The Balaban J connectivity index is 1.51. The number of amides is 2. The summed E-state index contributed by atoms with van der Waals surface area (Å²) in [6.07, 6.45) is 0. The molecule has 2 aromatic heterocycles. The number of aromatic nitrogens is 5. The van der Waals surface area contributed by atoms with Crippen LogP contribution in [0, 0.1) is 6.92 Å². The normalized spacial score (nSPS) is 10.7. The summed E-state index contributed by atoms with van der Waals surface area (Å²) in [6.45, 7) is 1.91. The second-order valence-electron chi connectivity index (χ2n) is 7.46. The van der Waals surface area contributed by atoms with Gasteiger partial charge in [0.1, 0.15) is 16.5 Å². The number of methoxy groups -OCH3 is 2. The minimum Gasteiger partial charge on any atom is -0.497 e. The highest BCUT2D eigenvalue weighted by Crippen LogP contribution is 2.25. The molecule has 0 bridgehead atoms. The van der Waals surface area contributed by atoms with Crippen LogP contribution in [0.3, 0.4) is 0 Å². The summed E-state index contributed by atoms with van der Waals surface area (Å²) >= 11 is 5.96. The molecule has 2 heterocycles. The van der Waals surface area contributed by atoms with Crippen molar-refractivity contribution in [2.24, 2.45) is 0 Å². The quantitative estimate of drug-likeness (QED) is 0.259. The van der Waals surface area contributed by atoms with E-state index in [1.165, 1.54) is 37.3 Å². The van der Waals surface area contributed by atoms with Crippen LogP contribution in [-0.4, -0.2) is 56.7 Å². The van der Waals surface area contributed by atoms with Crippen molar-refractivity contribution in [2.45, 2.75) is 18.6 Å². The van der Waals surface area contributed by atoms with Crippen molar-refractivity contribution in [3.8, 4) is 17.2 Å². The van der Waals surface area contributed by atoms with Crippen LogP contribution in [0.2, 0.25) is 0 Å². The standard InChI is InChI=1S/C23H22BrN7O4S2/c1-13-27-29-22(37-13)26-20(32)12-36-23-30-28-19(31(23)16-6-4-15(24)5-7-16)11-25-21(33)14-8-17(34-2)10-18(9-14)35-3/h4-10H,11-12H2,1-3H3,(H,25,33)(H,26,29,32). The Kier molecular flexibility index (Phi) is 8.74. The molecule has 2 aromatic carbocycles. The van der Waals surface area contributed by atoms with Crippen molar-refractivity contribution in [3.05, 3.63) is 63.3 Å².